The van der Waals surface area contributed by atoms with E-state index in [0.29, 0.717) is 6.54 Å². The monoisotopic (exact) mass is 343 g/mol. The zero-order chi connectivity index (χ0) is 14.7. The van der Waals surface area contributed by atoms with Crippen molar-refractivity contribution in [2.24, 2.45) is 0 Å². The topological polar surface area (TPSA) is 44.8 Å². The maximum Gasteiger partial charge on any atom is 0.320 e. The maximum absolute atomic E-state index is 12.7. The lowest BCUT2D eigenvalue weighted by Crippen LogP contribution is -2.51. The molecule has 5 nitrogen and oxygen atoms in total. The summed E-state index contributed by atoms with van der Waals surface area (Å²) in [6.45, 7) is 4.84. The van der Waals surface area contributed by atoms with Crippen LogP contribution in [0.3, 0.4) is 0 Å². The Kier molecular flexibility index (Phi) is 6.23. The third kappa shape index (κ3) is 3.80. The molecule has 1 N–H and O–H groups in total. The number of nitrogens with zero attached hydrogens (tertiary/aromatic N) is 2. The Morgan fingerprint density at radius 3 is 2.73 bits per heavy atom. The maximum atomic E-state index is 12.7. The highest BCUT2D eigenvalue weighted by Gasteiger charge is 2.25. The Morgan fingerprint density at radius 1 is 1.23 bits per heavy atom. The van der Waals surface area contributed by atoms with Gasteiger partial charge in [-0.05, 0) is 23.8 Å². The summed E-state index contributed by atoms with van der Waals surface area (Å²) in [5.74, 6) is 1.79. The van der Waals surface area contributed by atoms with Crippen molar-refractivity contribution in [3.63, 3.8) is 0 Å². The second kappa shape index (κ2) is 7.94. The number of nitrogens with one attached hydrogen (secondary N) is 1. The van der Waals surface area contributed by atoms with Crippen LogP contribution in [0, 0.1) is 0 Å². The number of fused-ring (bicyclic) bond motifs is 1. The molecule has 7 heteroatoms. The first kappa shape index (κ1) is 17.2. The second-order valence-corrected chi connectivity index (χ2v) is 6.40. The second-order valence-electron chi connectivity index (χ2n) is 5.26. The third-order valence-corrected chi connectivity index (χ3v) is 5.00. The third-order valence-electron chi connectivity index (χ3n) is 3.91. The lowest BCUT2D eigenvalue weighted by atomic mass is 10.2. The van der Waals surface area contributed by atoms with Crippen molar-refractivity contribution in [2.75, 3.05) is 45.6 Å². The average molecular weight is 344 g/mol. The van der Waals surface area contributed by atoms with E-state index in [1.807, 2.05) is 33.7 Å². The van der Waals surface area contributed by atoms with Gasteiger partial charge in [-0.15, -0.1) is 24.2 Å². The number of hydrogen-bond acceptors (Lipinski definition) is 4. The smallest absolute Gasteiger partial charge is 0.320 e. The van der Waals surface area contributed by atoms with E-state index in [0.717, 1.165) is 44.2 Å². The fourth-order valence-corrected chi connectivity index (χ4v) is 3.72. The molecule has 0 saturated carbocycles. The molecule has 2 amide bonds. The van der Waals surface area contributed by atoms with E-state index < -0.39 is 0 Å². The first-order valence-electron chi connectivity index (χ1n) is 7.32. The highest BCUT2D eigenvalue weighted by molar-refractivity contribution is 7.99. The van der Waals surface area contributed by atoms with Gasteiger partial charge in [0.1, 0.15) is 5.75 Å². The van der Waals surface area contributed by atoms with E-state index >= 15 is 0 Å². The number of ether oxygens (including phenoxy) is 1. The summed E-state index contributed by atoms with van der Waals surface area (Å²) in [6.07, 6.45) is 0. The molecule has 1 fully saturated rings. The Hall–Kier alpha value is -1.11. The van der Waals surface area contributed by atoms with E-state index in [2.05, 4.69) is 11.4 Å². The lowest BCUT2D eigenvalue weighted by Gasteiger charge is -2.32. The first-order chi connectivity index (χ1) is 10.3. The lowest BCUT2D eigenvalue weighted by molar-refractivity contribution is 0.147. The summed E-state index contributed by atoms with van der Waals surface area (Å²) in [4.78, 5) is 17.8. The zero-order valence-electron chi connectivity index (χ0n) is 12.7. The van der Waals surface area contributed by atoms with Crippen LogP contribution in [0.15, 0.2) is 23.1 Å². The standard InChI is InChI=1S/C15H21N3O2S.ClH/c1-20-13-2-3-14-12(10-13)11-18(8-9-21-14)15(19)17-6-4-16-5-7-17;/h2-3,10,16H,4-9,11H2,1H3;1H. The largest absolute Gasteiger partial charge is 0.497 e. The number of urea groups is 1. The molecular formula is C15H22ClN3O2S. The van der Waals surface area contributed by atoms with Gasteiger partial charge in [0.2, 0.25) is 0 Å². The molecule has 2 heterocycles. The number of carbonyl (C=O) groups excluding carboxylic acids is 1. The van der Waals surface area contributed by atoms with Gasteiger partial charge in [-0.2, -0.15) is 0 Å². The molecule has 2 aliphatic rings. The van der Waals surface area contributed by atoms with Gasteiger partial charge in [0.25, 0.3) is 0 Å². The number of piperazine rings is 1. The summed E-state index contributed by atoms with van der Waals surface area (Å²) in [5.41, 5.74) is 1.18. The molecule has 0 unspecified atom stereocenters. The van der Waals surface area contributed by atoms with Crippen molar-refractivity contribution in [2.45, 2.75) is 11.4 Å². The summed E-state index contributed by atoms with van der Waals surface area (Å²) in [6, 6.07) is 6.29. The van der Waals surface area contributed by atoms with Crippen LogP contribution in [0.1, 0.15) is 5.56 Å². The van der Waals surface area contributed by atoms with Gasteiger partial charge in [0, 0.05) is 49.9 Å². The summed E-state index contributed by atoms with van der Waals surface area (Å²) in [5, 5.41) is 3.28. The number of methoxy groups -OCH3 is 1. The molecule has 2 aliphatic heterocycles. The molecule has 0 radical (unpaired) electrons. The molecule has 0 spiro atoms. The molecule has 1 saturated heterocycles. The Morgan fingerprint density at radius 2 is 2.00 bits per heavy atom. The van der Waals surface area contributed by atoms with Crippen molar-refractivity contribution in [1.82, 2.24) is 15.1 Å². The minimum absolute atomic E-state index is 0. The van der Waals surface area contributed by atoms with Crippen LogP contribution in [-0.4, -0.2) is 61.4 Å². The van der Waals surface area contributed by atoms with Crippen molar-refractivity contribution in [3.05, 3.63) is 23.8 Å². The number of benzene rings is 1. The highest BCUT2D eigenvalue weighted by atomic mass is 35.5. The van der Waals surface area contributed by atoms with E-state index in [1.165, 1.54) is 10.5 Å². The van der Waals surface area contributed by atoms with Crippen molar-refractivity contribution < 1.29 is 9.53 Å². The first-order valence-corrected chi connectivity index (χ1v) is 8.31. The SMILES string of the molecule is COc1ccc2c(c1)CN(C(=O)N1CCNCC1)CCS2.Cl. The van der Waals surface area contributed by atoms with Crippen LogP contribution in [0.2, 0.25) is 0 Å². The molecule has 3 rings (SSSR count). The van der Waals surface area contributed by atoms with Gasteiger partial charge in [-0.3, -0.25) is 0 Å². The molecule has 0 aliphatic carbocycles. The molecular weight excluding hydrogens is 322 g/mol. The van der Waals surface area contributed by atoms with Crippen molar-refractivity contribution in [1.29, 1.82) is 0 Å². The van der Waals surface area contributed by atoms with E-state index in [1.54, 1.807) is 7.11 Å². The summed E-state index contributed by atoms with van der Waals surface area (Å²) in [7, 11) is 1.68. The van der Waals surface area contributed by atoms with Gasteiger partial charge < -0.3 is 19.9 Å². The molecule has 1 aromatic rings. The van der Waals surface area contributed by atoms with Crippen LogP contribution in [-0.2, 0) is 6.54 Å². The van der Waals surface area contributed by atoms with Crippen LogP contribution in [0.4, 0.5) is 4.79 Å². The highest BCUT2D eigenvalue weighted by Crippen LogP contribution is 2.30. The predicted molar refractivity (Wildman–Crippen MR) is 91.2 cm³/mol. The predicted octanol–water partition coefficient (Wildman–Crippen LogP) is 2.05. The fraction of sp³-hybridized carbons (Fsp3) is 0.533. The van der Waals surface area contributed by atoms with Crippen molar-refractivity contribution >= 4 is 30.2 Å². The molecule has 0 aromatic heterocycles. The summed E-state index contributed by atoms with van der Waals surface area (Å²) < 4.78 is 5.30. The number of rotatable bonds is 1. The van der Waals surface area contributed by atoms with Gasteiger partial charge in [-0.1, -0.05) is 0 Å². The Labute approximate surface area is 141 Å². The Bertz CT molecular complexity index is 524. The number of thioether (sulfide) groups is 1. The van der Waals surface area contributed by atoms with E-state index in [4.69, 9.17) is 4.74 Å². The van der Waals surface area contributed by atoms with Gasteiger partial charge in [0.05, 0.1) is 7.11 Å². The molecule has 0 bridgehead atoms. The van der Waals surface area contributed by atoms with Crippen LogP contribution in [0.25, 0.3) is 0 Å². The fourth-order valence-electron chi connectivity index (χ4n) is 2.72. The number of amides is 2. The average Bonchev–Trinajstić information content (AvgIpc) is 2.76. The molecule has 1 aromatic carbocycles. The quantitative estimate of drug-likeness (QED) is 0.847. The molecule has 122 valence electrons. The van der Waals surface area contributed by atoms with Crippen LogP contribution < -0.4 is 10.1 Å². The van der Waals surface area contributed by atoms with E-state index in [9.17, 15) is 4.79 Å². The zero-order valence-corrected chi connectivity index (χ0v) is 14.3. The van der Waals surface area contributed by atoms with Crippen LogP contribution >= 0.6 is 24.2 Å². The number of halogens is 1. The van der Waals surface area contributed by atoms with Crippen molar-refractivity contribution in [3.8, 4) is 5.75 Å². The number of carbonyl (C=O) groups is 1. The van der Waals surface area contributed by atoms with E-state index in [-0.39, 0.29) is 18.4 Å². The minimum atomic E-state index is 0. The Balaban J connectivity index is 0.00000176. The van der Waals surface area contributed by atoms with Gasteiger partial charge in [-0.25, -0.2) is 4.79 Å². The summed E-state index contributed by atoms with van der Waals surface area (Å²) >= 11 is 1.82. The van der Waals surface area contributed by atoms with Crippen LogP contribution in [0.5, 0.6) is 5.75 Å². The molecule has 22 heavy (non-hydrogen) atoms. The van der Waals surface area contributed by atoms with Gasteiger partial charge in [0.15, 0.2) is 0 Å². The normalized spacial score (nSPS) is 18.0. The molecule has 0 atom stereocenters. The minimum Gasteiger partial charge on any atom is -0.497 e. The number of hydrogen-bond donors (Lipinski definition) is 1. The van der Waals surface area contributed by atoms with Gasteiger partial charge >= 0.3 is 6.03 Å².